The van der Waals surface area contributed by atoms with Gasteiger partial charge in [0, 0.05) is 24.7 Å². The molecule has 0 saturated heterocycles. The minimum Gasteiger partial charge on any atom is -0.409 e. The summed E-state index contributed by atoms with van der Waals surface area (Å²) in [7, 11) is 0. The molecular weight excluding hydrogens is 251 g/mol. The van der Waals surface area contributed by atoms with Gasteiger partial charge in [-0.2, -0.15) is 0 Å². The van der Waals surface area contributed by atoms with Gasteiger partial charge in [0.25, 0.3) is 0 Å². The number of nitrogens with one attached hydrogen (secondary N) is 1. The molecule has 0 amide bonds. The Balaban J connectivity index is 2.54. The van der Waals surface area contributed by atoms with E-state index >= 15 is 0 Å². The van der Waals surface area contributed by atoms with Crippen molar-refractivity contribution in [2.45, 2.75) is 12.8 Å². The smallest absolute Gasteiger partial charge is 0.409 e. The van der Waals surface area contributed by atoms with Crippen LogP contribution < -0.4 is 15.8 Å². The van der Waals surface area contributed by atoms with Gasteiger partial charge in [-0.3, -0.25) is 0 Å². The van der Waals surface area contributed by atoms with Crippen molar-refractivity contribution in [1.29, 1.82) is 0 Å². The number of rotatable bonds is 5. The second-order valence-corrected chi connectivity index (χ2v) is 3.34. The third-order valence-corrected chi connectivity index (χ3v) is 1.91. The molecule has 0 aliphatic heterocycles. The highest BCUT2D eigenvalue weighted by Crippen LogP contribution is 2.24. The minimum absolute atomic E-state index is 0.0326. The van der Waals surface area contributed by atoms with Gasteiger partial charge in [0.1, 0.15) is 11.6 Å². The van der Waals surface area contributed by atoms with E-state index in [1.165, 1.54) is 18.2 Å². The summed E-state index contributed by atoms with van der Waals surface area (Å²) >= 11 is 0. The van der Waals surface area contributed by atoms with Crippen LogP contribution in [0.15, 0.2) is 29.4 Å². The zero-order valence-electron chi connectivity index (χ0n) is 9.24. The van der Waals surface area contributed by atoms with Gasteiger partial charge in [-0.05, 0) is 12.1 Å². The fourth-order valence-electron chi connectivity index (χ4n) is 1.19. The fourth-order valence-corrected chi connectivity index (χ4v) is 1.19. The van der Waals surface area contributed by atoms with Gasteiger partial charge < -0.3 is 21.0 Å². The van der Waals surface area contributed by atoms with Gasteiger partial charge in [-0.15, -0.1) is 13.2 Å². The van der Waals surface area contributed by atoms with E-state index in [4.69, 9.17) is 10.9 Å². The average molecular weight is 263 g/mol. The van der Waals surface area contributed by atoms with Crippen LogP contribution in [0.3, 0.4) is 0 Å². The summed E-state index contributed by atoms with van der Waals surface area (Å²) in [6.07, 6.45) is -4.45. The van der Waals surface area contributed by atoms with E-state index in [1.54, 1.807) is 6.07 Å². The summed E-state index contributed by atoms with van der Waals surface area (Å²) in [5, 5.41) is 13.9. The van der Waals surface area contributed by atoms with Crippen LogP contribution in [0.4, 0.5) is 18.9 Å². The van der Waals surface area contributed by atoms with E-state index in [2.05, 4.69) is 15.2 Å². The molecule has 5 nitrogen and oxygen atoms in total. The third-order valence-electron chi connectivity index (χ3n) is 1.91. The molecule has 1 aromatic carbocycles. The lowest BCUT2D eigenvalue weighted by Crippen LogP contribution is -2.18. The second-order valence-electron chi connectivity index (χ2n) is 3.34. The summed E-state index contributed by atoms with van der Waals surface area (Å²) in [5.74, 6) is -0.276. The van der Waals surface area contributed by atoms with Crippen molar-refractivity contribution in [3.8, 4) is 5.75 Å². The Kier molecular flexibility index (Phi) is 4.64. The predicted octanol–water partition coefficient (Wildman–Crippen LogP) is 2.13. The topological polar surface area (TPSA) is 79.9 Å². The van der Waals surface area contributed by atoms with Crippen molar-refractivity contribution in [2.24, 2.45) is 10.9 Å². The van der Waals surface area contributed by atoms with Gasteiger partial charge in [0.05, 0.1) is 0 Å². The van der Waals surface area contributed by atoms with Crippen LogP contribution in [-0.2, 0) is 0 Å². The molecule has 0 spiro atoms. The summed E-state index contributed by atoms with van der Waals surface area (Å²) < 4.78 is 39.7. The van der Waals surface area contributed by atoms with Gasteiger partial charge >= 0.3 is 6.36 Å². The first-order valence-electron chi connectivity index (χ1n) is 4.97. The molecule has 8 heteroatoms. The highest BCUT2D eigenvalue weighted by Gasteiger charge is 2.31. The summed E-state index contributed by atoms with van der Waals surface area (Å²) in [6.45, 7) is 0.325. The molecule has 0 aromatic heterocycles. The number of hydrogen-bond donors (Lipinski definition) is 3. The molecule has 0 radical (unpaired) electrons. The van der Waals surface area contributed by atoms with Crippen LogP contribution in [0.5, 0.6) is 5.75 Å². The van der Waals surface area contributed by atoms with Crippen LogP contribution in [-0.4, -0.2) is 23.9 Å². The third kappa shape index (κ3) is 5.28. The van der Waals surface area contributed by atoms with E-state index in [9.17, 15) is 13.2 Å². The van der Waals surface area contributed by atoms with Gasteiger partial charge in [-0.25, -0.2) is 0 Å². The van der Waals surface area contributed by atoms with Crippen LogP contribution in [0, 0.1) is 0 Å². The van der Waals surface area contributed by atoms with Crippen molar-refractivity contribution in [2.75, 3.05) is 11.9 Å². The van der Waals surface area contributed by atoms with Crippen molar-refractivity contribution >= 4 is 11.5 Å². The number of hydrogen-bond acceptors (Lipinski definition) is 4. The van der Waals surface area contributed by atoms with Crippen LogP contribution in [0.25, 0.3) is 0 Å². The number of benzene rings is 1. The van der Waals surface area contributed by atoms with Crippen molar-refractivity contribution in [1.82, 2.24) is 0 Å². The average Bonchev–Trinajstić information content (AvgIpc) is 2.27. The van der Waals surface area contributed by atoms with Crippen LogP contribution in [0.1, 0.15) is 6.42 Å². The number of amidine groups is 1. The molecule has 0 heterocycles. The summed E-state index contributed by atoms with van der Waals surface area (Å²) in [4.78, 5) is 0. The standard InChI is InChI=1S/C10H12F3N3O2/c11-10(12,13)18-8-3-1-2-7(6-8)15-5-4-9(14)16-17/h1-3,6,15,17H,4-5H2,(H2,14,16). The fraction of sp³-hybridized carbons (Fsp3) is 0.300. The van der Waals surface area contributed by atoms with E-state index < -0.39 is 6.36 Å². The first-order valence-corrected chi connectivity index (χ1v) is 4.97. The van der Waals surface area contributed by atoms with Crippen LogP contribution >= 0.6 is 0 Å². The zero-order chi connectivity index (χ0) is 13.6. The second kappa shape index (κ2) is 5.99. The van der Waals surface area contributed by atoms with E-state index in [0.29, 0.717) is 12.2 Å². The highest BCUT2D eigenvalue weighted by atomic mass is 19.4. The first kappa shape index (κ1) is 13.9. The molecule has 4 N–H and O–H groups in total. The largest absolute Gasteiger partial charge is 0.573 e. The molecule has 0 bridgehead atoms. The maximum Gasteiger partial charge on any atom is 0.573 e. The first-order chi connectivity index (χ1) is 8.40. The van der Waals surface area contributed by atoms with Gasteiger partial charge in [-0.1, -0.05) is 11.2 Å². The SMILES string of the molecule is N/C(CCNc1cccc(OC(F)(F)F)c1)=N\O. The monoisotopic (exact) mass is 263 g/mol. The molecule has 0 aliphatic carbocycles. The van der Waals surface area contributed by atoms with E-state index in [-0.39, 0.29) is 18.0 Å². The Morgan fingerprint density at radius 1 is 1.44 bits per heavy atom. The Bertz CT molecular complexity index is 421. The molecule has 0 aliphatic rings. The van der Waals surface area contributed by atoms with Crippen molar-refractivity contribution in [3.63, 3.8) is 0 Å². The quantitative estimate of drug-likeness (QED) is 0.329. The Hall–Kier alpha value is -2.12. The molecule has 0 saturated carbocycles. The molecule has 0 fully saturated rings. The number of halogens is 3. The number of nitrogens with zero attached hydrogens (tertiary/aromatic N) is 1. The number of ether oxygens (including phenoxy) is 1. The lowest BCUT2D eigenvalue weighted by Gasteiger charge is -2.11. The molecular formula is C10H12F3N3O2. The van der Waals surface area contributed by atoms with E-state index in [1.807, 2.05) is 0 Å². The molecule has 1 rings (SSSR count). The molecule has 1 aromatic rings. The van der Waals surface area contributed by atoms with Gasteiger partial charge in [0.15, 0.2) is 0 Å². The molecule has 0 atom stereocenters. The normalized spacial score (nSPS) is 12.3. The number of oxime groups is 1. The minimum atomic E-state index is -4.72. The van der Waals surface area contributed by atoms with Crippen molar-refractivity contribution < 1.29 is 23.1 Å². The van der Waals surface area contributed by atoms with E-state index in [0.717, 1.165) is 0 Å². The number of nitrogens with two attached hydrogens (primary N) is 1. The lowest BCUT2D eigenvalue weighted by molar-refractivity contribution is -0.274. The predicted molar refractivity (Wildman–Crippen MR) is 59.6 cm³/mol. The summed E-state index contributed by atoms with van der Waals surface area (Å²) in [6, 6.07) is 5.41. The Morgan fingerprint density at radius 3 is 2.78 bits per heavy atom. The maximum absolute atomic E-state index is 12.0. The molecule has 18 heavy (non-hydrogen) atoms. The van der Waals surface area contributed by atoms with Gasteiger partial charge in [0.2, 0.25) is 0 Å². The maximum atomic E-state index is 12.0. The van der Waals surface area contributed by atoms with Crippen molar-refractivity contribution in [3.05, 3.63) is 24.3 Å². The number of alkyl halides is 3. The Labute approximate surface area is 101 Å². The Morgan fingerprint density at radius 2 is 2.17 bits per heavy atom. The lowest BCUT2D eigenvalue weighted by atomic mass is 10.3. The van der Waals surface area contributed by atoms with Crippen LogP contribution in [0.2, 0.25) is 0 Å². The zero-order valence-corrected chi connectivity index (χ0v) is 9.24. The molecule has 0 unspecified atom stereocenters. The number of anilines is 1. The summed E-state index contributed by atoms with van der Waals surface area (Å²) in [5.41, 5.74) is 5.68. The highest BCUT2D eigenvalue weighted by molar-refractivity contribution is 5.80. The molecule has 100 valence electrons.